The lowest BCUT2D eigenvalue weighted by Crippen LogP contribution is -2.53. The first kappa shape index (κ1) is 26.9. The number of thioether (sulfide) groups is 2. The molecule has 1 aliphatic heterocycles. The third kappa shape index (κ3) is 8.75. The van der Waals surface area contributed by atoms with Crippen LogP contribution in [-0.2, 0) is 22.7 Å². The van der Waals surface area contributed by atoms with Crippen LogP contribution in [0.4, 0.5) is 0 Å². The van der Waals surface area contributed by atoms with Crippen LogP contribution in [0.1, 0.15) is 43.2 Å². The molecule has 2 aromatic rings. The fraction of sp³-hybridized carbons (Fsp3) is 0.500. The molecule has 1 saturated heterocycles. The average molecular weight is 528 g/mol. The molecule has 36 heavy (non-hydrogen) atoms. The number of hydrogen-bond donors (Lipinski definition) is 3. The van der Waals surface area contributed by atoms with E-state index in [1.807, 2.05) is 54.6 Å². The summed E-state index contributed by atoms with van der Waals surface area (Å²) >= 11 is 3.50. The van der Waals surface area contributed by atoms with Gasteiger partial charge in [-0.1, -0.05) is 61.7 Å². The van der Waals surface area contributed by atoms with E-state index < -0.39 is 6.04 Å². The van der Waals surface area contributed by atoms with Crippen molar-refractivity contribution >= 4 is 35.3 Å². The molecule has 1 heterocycles. The van der Waals surface area contributed by atoms with Crippen LogP contribution in [0.3, 0.4) is 0 Å². The Morgan fingerprint density at radius 3 is 2.53 bits per heavy atom. The van der Waals surface area contributed by atoms with Gasteiger partial charge in [-0.3, -0.25) is 14.9 Å². The number of hydrogen-bond acceptors (Lipinski definition) is 6. The molecule has 2 fully saturated rings. The third-order valence-corrected chi connectivity index (χ3v) is 8.88. The van der Waals surface area contributed by atoms with Crippen LogP contribution in [0.5, 0.6) is 5.75 Å². The summed E-state index contributed by atoms with van der Waals surface area (Å²) in [6.45, 7) is 0.931. The third-order valence-electron chi connectivity index (χ3n) is 6.67. The standard InChI is InChI=1S/C28H37N3O3S2/c32-27(29-15-21-11-13-24(14-12-21)34-16-22-7-3-1-4-8-22)26(31-28(33)25-18-36-20-30-25)19-35-17-23-9-5-2-6-10-23/h1,3-4,7-8,11-14,23,25-26,30H,2,5-6,9-10,15-20H2,(H,29,32)(H,31,33)/t25-,26-/m0/s1. The molecule has 2 aromatic carbocycles. The maximum absolute atomic E-state index is 13.1. The molecule has 0 unspecified atom stereocenters. The van der Waals surface area contributed by atoms with E-state index in [0.29, 0.717) is 18.9 Å². The highest BCUT2D eigenvalue weighted by Gasteiger charge is 2.28. The van der Waals surface area contributed by atoms with Crippen molar-refractivity contribution in [3.63, 3.8) is 0 Å². The van der Waals surface area contributed by atoms with Crippen LogP contribution in [0.25, 0.3) is 0 Å². The van der Waals surface area contributed by atoms with Crippen LogP contribution in [0.2, 0.25) is 0 Å². The molecule has 1 saturated carbocycles. The largest absolute Gasteiger partial charge is 0.489 e. The van der Waals surface area contributed by atoms with Gasteiger partial charge < -0.3 is 15.4 Å². The first-order valence-corrected chi connectivity index (χ1v) is 15.2. The van der Waals surface area contributed by atoms with Crippen molar-refractivity contribution < 1.29 is 14.3 Å². The van der Waals surface area contributed by atoms with Gasteiger partial charge in [0.25, 0.3) is 0 Å². The normalized spacial score (nSPS) is 18.9. The van der Waals surface area contributed by atoms with Gasteiger partial charge in [-0.15, -0.1) is 11.8 Å². The Morgan fingerprint density at radius 2 is 1.81 bits per heavy atom. The summed E-state index contributed by atoms with van der Waals surface area (Å²) in [5, 5.41) is 9.23. The highest BCUT2D eigenvalue weighted by Crippen LogP contribution is 2.27. The van der Waals surface area contributed by atoms with E-state index in [2.05, 4.69) is 16.0 Å². The summed E-state index contributed by atoms with van der Waals surface area (Å²) in [5.74, 6) is 4.48. The first-order chi connectivity index (χ1) is 17.7. The summed E-state index contributed by atoms with van der Waals surface area (Å²) in [6.07, 6.45) is 6.53. The fourth-order valence-corrected chi connectivity index (χ4v) is 6.70. The Labute approximate surface area is 223 Å². The highest BCUT2D eigenvalue weighted by atomic mass is 32.2. The molecule has 2 atom stereocenters. The summed E-state index contributed by atoms with van der Waals surface area (Å²) in [7, 11) is 0. The van der Waals surface area contributed by atoms with Crippen molar-refractivity contribution in [2.75, 3.05) is 23.1 Å². The minimum atomic E-state index is -0.535. The molecule has 0 spiro atoms. The molecular weight excluding hydrogens is 490 g/mol. The zero-order valence-electron chi connectivity index (χ0n) is 20.7. The Kier molecular flexibility index (Phi) is 10.9. The maximum Gasteiger partial charge on any atom is 0.243 e. The van der Waals surface area contributed by atoms with E-state index in [-0.39, 0.29) is 17.9 Å². The van der Waals surface area contributed by atoms with Crippen LogP contribution in [-0.4, -0.2) is 47.0 Å². The Balaban J connectivity index is 1.26. The molecule has 0 aromatic heterocycles. The molecule has 8 heteroatoms. The van der Waals surface area contributed by atoms with E-state index in [0.717, 1.165) is 40.2 Å². The second-order valence-corrected chi connectivity index (χ2v) is 11.6. The quantitative estimate of drug-likeness (QED) is 0.381. The topological polar surface area (TPSA) is 79.5 Å². The lowest BCUT2D eigenvalue weighted by atomic mass is 9.91. The van der Waals surface area contributed by atoms with Crippen molar-refractivity contribution in [2.45, 2.75) is 57.3 Å². The smallest absolute Gasteiger partial charge is 0.243 e. The summed E-state index contributed by atoms with van der Waals surface area (Å²) in [6, 6.07) is 17.1. The van der Waals surface area contributed by atoms with Crippen molar-refractivity contribution in [3.05, 3.63) is 65.7 Å². The first-order valence-electron chi connectivity index (χ1n) is 12.9. The van der Waals surface area contributed by atoms with E-state index in [1.54, 1.807) is 23.5 Å². The summed E-state index contributed by atoms with van der Waals surface area (Å²) in [4.78, 5) is 25.8. The molecule has 194 valence electrons. The van der Waals surface area contributed by atoms with E-state index in [9.17, 15) is 9.59 Å². The zero-order chi connectivity index (χ0) is 25.0. The molecule has 2 aliphatic rings. The Bertz CT molecular complexity index is 946. The van der Waals surface area contributed by atoms with E-state index >= 15 is 0 Å². The van der Waals surface area contributed by atoms with Gasteiger partial charge in [-0.25, -0.2) is 0 Å². The maximum atomic E-state index is 13.1. The lowest BCUT2D eigenvalue weighted by molar-refractivity contribution is -0.129. The monoisotopic (exact) mass is 527 g/mol. The minimum Gasteiger partial charge on any atom is -0.489 e. The number of nitrogens with one attached hydrogen (secondary N) is 3. The molecular formula is C28H37N3O3S2. The number of ether oxygens (including phenoxy) is 1. The van der Waals surface area contributed by atoms with E-state index in [4.69, 9.17) is 4.74 Å². The second kappa shape index (κ2) is 14.5. The van der Waals surface area contributed by atoms with Crippen LogP contribution < -0.4 is 20.7 Å². The summed E-state index contributed by atoms with van der Waals surface area (Å²) in [5.41, 5.74) is 2.11. The van der Waals surface area contributed by atoms with Crippen LogP contribution in [0, 0.1) is 5.92 Å². The number of amides is 2. The number of carbonyl (C=O) groups excluding carboxylic acids is 2. The molecule has 3 N–H and O–H groups in total. The minimum absolute atomic E-state index is 0.0849. The van der Waals surface area contributed by atoms with Crippen LogP contribution in [0.15, 0.2) is 54.6 Å². The van der Waals surface area contributed by atoms with Gasteiger partial charge in [0.1, 0.15) is 18.4 Å². The average Bonchev–Trinajstić information content (AvgIpc) is 3.47. The van der Waals surface area contributed by atoms with Gasteiger partial charge in [0.05, 0.1) is 6.04 Å². The van der Waals surface area contributed by atoms with Crippen molar-refractivity contribution in [1.29, 1.82) is 0 Å². The van der Waals surface area contributed by atoms with Crippen molar-refractivity contribution in [1.82, 2.24) is 16.0 Å². The predicted molar refractivity (Wildman–Crippen MR) is 149 cm³/mol. The molecule has 0 radical (unpaired) electrons. The molecule has 2 amide bonds. The molecule has 6 nitrogen and oxygen atoms in total. The zero-order valence-corrected chi connectivity index (χ0v) is 22.4. The second-order valence-electron chi connectivity index (χ2n) is 9.51. The van der Waals surface area contributed by atoms with Gasteiger partial charge in [0.2, 0.25) is 11.8 Å². The Hall–Kier alpha value is -2.16. The number of carbonyl (C=O) groups is 2. The highest BCUT2D eigenvalue weighted by molar-refractivity contribution is 7.99. The van der Waals surface area contributed by atoms with E-state index in [1.165, 1.54) is 32.1 Å². The molecule has 1 aliphatic carbocycles. The lowest BCUT2D eigenvalue weighted by Gasteiger charge is -2.23. The van der Waals surface area contributed by atoms with Crippen LogP contribution >= 0.6 is 23.5 Å². The van der Waals surface area contributed by atoms with Gasteiger partial charge in [-0.05, 0) is 47.8 Å². The van der Waals surface area contributed by atoms with Crippen molar-refractivity contribution in [2.24, 2.45) is 5.92 Å². The predicted octanol–water partition coefficient (Wildman–Crippen LogP) is 4.34. The van der Waals surface area contributed by atoms with Crippen molar-refractivity contribution in [3.8, 4) is 5.75 Å². The molecule has 0 bridgehead atoms. The van der Waals surface area contributed by atoms with Gasteiger partial charge >= 0.3 is 0 Å². The van der Waals surface area contributed by atoms with Gasteiger partial charge in [0, 0.05) is 23.9 Å². The molecule has 4 rings (SSSR count). The Morgan fingerprint density at radius 1 is 1.03 bits per heavy atom. The fourth-order valence-electron chi connectivity index (χ4n) is 4.48. The SMILES string of the molecule is O=C(N[C@@H](CSCC1CCCCC1)C(=O)NCc1ccc(OCc2ccccc2)cc1)[C@@H]1CSCN1. The number of rotatable bonds is 12. The van der Waals surface area contributed by atoms with Gasteiger partial charge in [0.15, 0.2) is 0 Å². The van der Waals surface area contributed by atoms with Gasteiger partial charge in [-0.2, -0.15) is 11.8 Å². The number of benzene rings is 2. The summed E-state index contributed by atoms with van der Waals surface area (Å²) < 4.78 is 5.85.